The zero-order valence-electron chi connectivity index (χ0n) is 9.57. The van der Waals surface area contributed by atoms with Crippen LogP contribution in [-0.4, -0.2) is 30.8 Å². The minimum absolute atomic E-state index is 0.0685. The van der Waals surface area contributed by atoms with E-state index in [1.807, 2.05) is 0 Å². The van der Waals surface area contributed by atoms with Gasteiger partial charge in [0.1, 0.15) is 5.60 Å². The second kappa shape index (κ2) is 6.81. The zero-order valence-corrected chi connectivity index (χ0v) is 9.57. The molecule has 0 N–H and O–H groups in total. The summed E-state index contributed by atoms with van der Waals surface area (Å²) < 4.78 is 13.4. The van der Waals surface area contributed by atoms with Crippen molar-refractivity contribution in [3.05, 3.63) is 0 Å². The maximum Gasteiger partial charge on any atom is 0.420 e. The topological polar surface area (TPSA) is 78.9 Å². The Morgan fingerprint density at radius 1 is 1.12 bits per heavy atom. The number of carbonyl (C=O) groups is 2. The fraction of sp³-hybridized carbons (Fsp3) is 0.700. The van der Waals surface area contributed by atoms with E-state index in [0.717, 1.165) is 6.47 Å². The van der Waals surface area contributed by atoms with Crippen LogP contribution in [0.4, 0.5) is 0 Å². The van der Waals surface area contributed by atoms with Gasteiger partial charge in [-0.15, -0.1) is 0 Å². The SMILES string of the molecule is CC(C)(C)OC(=O)CCC(=O)OCO[C]=O. The van der Waals surface area contributed by atoms with Crippen molar-refractivity contribution in [3.8, 4) is 0 Å². The van der Waals surface area contributed by atoms with Crippen molar-refractivity contribution >= 4 is 18.4 Å². The van der Waals surface area contributed by atoms with Gasteiger partial charge in [0, 0.05) is 0 Å². The molecule has 0 saturated carbocycles. The van der Waals surface area contributed by atoms with Gasteiger partial charge in [0.05, 0.1) is 12.8 Å². The fourth-order valence-corrected chi connectivity index (χ4v) is 0.788. The van der Waals surface area contributed by atoms with Crippen LogP contribution in [0.5, 0.6) is 0 Å². The molecule has 0 aliphatic rings. The predicted molar refractivity (Wildman–Crippen MR) is 52.8 cm³/mol. The predicted octanol–water partition coefficient (Wildman–Crippen LogP) is 0.693. The van der Waals surface area contributed by atoms with Gasteiger partial charge >= 0.3 is 18.4 Å². The number of ether oxygens (including phenoxy) is 3. The molecule has 0 amide bonds. The lowest BCUT2D eigenvalue weighted by Crippen LogP contribution is -2.24. The molecule has 6 nitrogen and oxygen atoms in total. The Morgan fingerprint density at radius 2 is 1.69 bits per heavy atom. The number of hydrogen-bond donors (Lipinski definition) is 0. The highest BCUT2D eigenvalue weighted by molar-refractivity contribution is 5.77. The number of carbonyl (C=O) groups excluding carboxylic acids is 3. The summed E-state index contributed by atoms with van der Waals surface area (Å²) in [4.78, 5) is 31.7. The third kappa shape index (κ3) is 8.98. The van der Waals surface area contributed by atoms with Gasteiger partial charge in [-0.05, 0) is 20.8 Å². The largest absolute Gasteiger partial charge is 0.460 e. The minimum Gasteiger partial charge on any atom is -0.460 e. The van der Waals surface area contributed by atoms with Crippen LogP contribution in [0.15, 0.2) is 0 Å². The van der Waals surface area contributed by atoms with E-state index in [1.165, 1.54) is 0 Å². The Balaban J connectivity index is 3.67. The lowest BCUT2D eigenvalue weighted by Gasteiger charge is -2.19. The molecular weight excluding hydrogens is 216 g/mol. The smallest absolute Gasteiger partial charge is 0.420 e. The lowest BCUT2D eigenvalue weighted by molar-refractivity contribution is -0.160. The Kier molecular flexibility index (Phi) is 6.14. The molecule has 6 heteroatoms. The van der Waals surface area contributed by atoms with Gasteiger partial charge in [-0.25, -0.2) is 4.79 Å². The van der Waals surface area contributed by atoms with Gasteiger partial charge < -0.3 is 14.2 Å². The molecule has 0 spiro atoms. The van der Waals surface area contributed by atoms with Gasteiger partial charge in [0.15, 0.2) is 0 Å². The average Bonchev–Trinajstić information content (AvgIpc) is 2.12. The molecule has 1 radical (unpaired) electrons. The van der Waals surface area contributed by atoms with Crippen molar-refractivity contribution < 1.29 is 28.6 Å². The van der Waals surface area contributed by atoms with Crippen molar-refractivity contribution in [3.63, 3.8) is 0 Å². The summed E-state index contributed by atoms with van der Waals surface area (Å²) in [5, 5.41) is 0. The van der Waals surface area contributed by atoms with E-state index in [4.69, 9.17) is 4.74 Å². The highest BCUT2D eigenvalue weighted by Crippen LogP contribution is 2.09. The maximum atomic E-state index is 11.2. The highest BCUT2D eigenvalue weighted by Gasteiger charge is 2.17. The van der Waals surface area contributed by atoms with Crippen LogP contribution in [0.1, 0.15) is 33.6 Å². The molecule has 0 aromatic rings. The van der Waals surface area contributed by atoms with Crippen molar-refractivity contribution in [1.29, 1.82) is 0 Å². The minimum atomic E-state index is -0.638. The second-order valence-corrected chi connectivity index (χ2v) is 3.95. The maximum absolute atomic E-state index is 11.2. The van der Waals surface area contributed by atoms with Crippen molar-refractivity contribution in [1.82, 2.24) is 0 Å². The summed E-state index contributed by atoms with van der Waals surface area (Å²) in [6, 6.07) is 0. The highest BCUT2D eigenvalue weighted by atomic mass is 16.7. The Labute approximate surface area is 93.8 Å². The van der Waals surface area contributed by atoms with Crippen LogP contribution in [0.2, 0.25) is 0 Å². The van der Waals surface area contributed by atoms with E-state index in [2.05, 4.69) is 9.47 Å². The first-order valence-electron chi connectivity index (χ1n) is 4.71. The number of hydrogen-bond acceptors (Lipinski definition) is 6. The van der Waals surface area contributed by atoms with E-state index in [-0.39, 0.29) is 12.8 Å². The van der Waals surface area contributed by atoms with Crippen LogP contribution >= 0.6 is 0 Å². The van der Waals surface area contributed by atoms with Crippen LogP contribution in [-0.2, 0) is 28.6 Å². The first kappa shape index (κ1) is 14.4. The summed E-state index contributed by atoms with van der Waals surface area (Å²) in [5.74, 6) is -1.12. The van der Waals surface area contributed by atoms with E-state index in [0.29, 0.717) is 0 Å². The zero-order chi connectivity index (χ0) is 12.6. The fourth-order valence-electron chi connectivity index (χ4n) is 0.788. The van der Waals surface area contributed by atoms with Gasteiger partial charge in [0.2, 0.25) is 6.79 Å². The van der Waals surface area contributed by atoms with Crippen molar-refractivity contribution in [2.24, 2.45) is 0 Å². The molecule has 0 aromatic heterocycles. The second-order valence-electron chi connectivity index (χ2n) is 3.95. The van der Waals surface area contributed by atoms with Crippen LogP contribution in [0.25, 0.3) is 0 Å². The Morgan fingerprint density at radius 3 is 2.19 bits per heavy atom. The molecule has 0 rings (SSSR count). The average molecular weight is 231 g/mol. The molecule has 0 unspecified atom stereocenters. The first-order valence-corrected chi connectivity index (χ1v) is 4.71. The molecule has 16 heavy (non-hydrogen) atoms. The molecule has 0 aliphatic heterocycles. The van der Waals surface area contributed by atoms with E-state index in [9.17, 15) is 14.4 Å². The molecule has 0 atom stereocenters. The number of esters is 2. The summed E-state index contributed by atoms with van der Waals surface area (Å²) in [5.41, 5.74) is -0.573. The van der Waals surface area contributed by atoms with Crippen LogP contribution in [0.3, 0.4) is 0 Å². The molecule has 0 bridgehead atoms. The molecule has 0 saturated heterocycles. The standard InChI is InChI=1S/C10H15O6/c1-10(2,3)16-9(13)5-4-8(12)15-7-14-6-11/h4-5,7H2,1-3H3. The van der Waals surface area contributed by atoms with Crippen LogP contribution in [0, 0.1) is 0 Å². The van der Waals surface area contributed by atoms with E-state index >= 15 is 0 Å². The monoisotopic (exact) mass is 231 g/mol. The van der Waals surface area contributed by atoms with Gasteiger partial charge in [0.25, 0.3) is 0 Å². The Hall–Kier alpha value is -1.59. The van der Waals surface area contributed by atoms with E-state index < -0.39 is 24.3 Å². The summed E-state index contributed by atoms with van der Waals surface area (Å²) in [7, 11) is 0. The first-order chi connectivity index (χ1) is 7.35. The summed E-state index contributed by atoms with van der Waals surface area (Å²) in [6.07, 6.45) is -0.183. The van der Waals surface area contributed by atoms with Gasteiger partial charge in [-0.2, -0.15) is 0 Å². The van der Waals surface area contributed by atoms with Gasteiger partial charge in [-0.3, -0.25) is 9.59 Å². The molecular formula is C10H15O6. The molecule has 91 valence electrons. The molecule has 0 fully saturated rings. The van der Waals surface area contributed by atoms with Gasteiger partial charge in [-0.1, -0.05) is 0 Å². The summed E-state index contributed by atoms with van der Waals surface area (Å²) in [6.45, 7) is 5.81. The normalized spacial score (nSPS) is 10.4. The van der Waals surface area contributed by atoms with Crippen molar-refractivity contribution in [2.75, 3.05) is 6.79 Å². The quantitative estimate of drug-likeness (QED) is 0.380. The molecule has 0 aliphatic carbocycles. The van der Waals surface area contributed by atoms with Crippen LogP contribution < -0.4 is 0 Å². The Bertz CT molecular complexity index is 253. The lowest BCUT2D eigenvalue weighted by atomic mass is 10.2. The number of rotatable bonds is 6. The molecule has 0 aromatic carbocycles. The van der Waals surface area contributed by atoms with E-state index in [1.54, 1.807) is 20.8 Å². The third-order valence-corrected chi connectivity index (χ3v) is 1.29. The molecule has 0 heterocycles. The summed E-state index contributed by atoms with van der Waals surface area (Å²) >= 11 is 0. The van der Waals surface area contributed by atoms with Crippen molar-refractivity contribution in [2.45, 2.75) is 39.2 Å². The third-order valence-electron chi connectivity index (χ3n) is 1.29.